The molecule has 1 atom stereocenters. The lowest BCUT2D eigenvalue weighted by Crippen LogP contribution is -2.24. The Balaban J connectivity index is 1.50. The van der Waals surface area contributed by atoms with E-state index in [9.17, 15) is 4.79 Å². The van der Waals surface area contributed by atoms with Gasteiger partial charge >= 0.3 is 0 Å². The van der Waals surface area contributed by atoms with E-state index in [-0.39, 0.29) is 12.0 Å². The first-order chi connectivity index (χ1) is 11.6. The fourth-order valence-electron chi connectivity index (χ4n) is 2.78. The molecule has 2 aromatic rings. The van der Waals surface area contributed by atoms with Gasteiger partial charge in [-0.1, -0.05) is 0 Å². The van der Waals surface area contributed by atoms with Crippen molar-refractivity contribution in [3.8, 4) is 5.75 Å². The Hall–Kier alpha value is -2.27. The highest BCUT2D eigenvalue weighted by Crippen LogP contribution is 2.16. The number of aromatic nitrogens is 1. The van der Waals surface area contributed by atoms with Crippen LogP contribution in [0.4, 0.5) is 0 Å². The van der Waals surface area contributed by atoms with E-state index in [1.807, 2.05) is 38.2 Å². The molecule has 1 saturated heterocycles. The molecule has 3 rings (SSSR count). The molecule has 1 amide bonds. The summed E-state index contributed by atoms with van der Waals surface area (Å²) in [5.74, 6) is 0.680. The van der Waals surface area contributed by atoms with Gasteiger partial charge in [-0.2, -0.15) is 0 Å². The van der Waals surface area contributed by atoms with Crippen LogP contribution in [0.25, 0.3) is 0 Å². The van der Waals surface area contributed by atoms with Crippen LogP contribution < -0.4 is 10.1 Å². The Bertz CT molecular complexity index is 685. The summed E-state index contributed by atoms with van der Waals surface area (Å²) in [6.07, 6.45) is 2.36. The molecule has 1 aliphatic heterocycles. The Kier molecular flexibility index (Phi) is 5.20. The van der Waals surface area contributed by atoms with Crippen molar-refractivity contribution in [2.75, 3.05) is 13.2 Å². The number of benzene rings is 1. The van der Waals surface area contributed by atoms with Gasteiger partial charge in [-0.25, -0.2) is 0 Å². The highest BCUT2D eigenvalue weighted by Gasteiger charge is 2.16. The Morgan fingerprint density at radius 3 is 2.71 bits per heavy atom. The molecule has 5 heteroatoms. The smallest absolute Gasteiger partial charge is 0.251 e. The minimum atomic E-state index is -0.0838. The number of ether oxygens (including phenoxy) is 2. The van der Waals surface area contributed by atoms with E-state index in [0.29, 0.717) is 18.7 Å². The van der Waals surface area contributed by atoms with E-state index in [0.717, 1.165) is 30.9 Å². The van der Waals surface area contributed by atoms with Gasteiger partial charge in [0.15, 0.2) is 0 Å². The van der Waals surface area contributed by atoms with Crippen molar-refractivity contribution in [3.05, 3.63) is 53.3 Å². The first kappa shape index (κ1) is 16.6. The molecule has 0 saturated carbocycles. The molecule has 5 nitrogen and oxygen atoms in total. The molecular formula is C19H24N2O3. The molecule has 0 aliphatic carbocycles. The molecule has 1 fully saturated rings. The fraction of sp³-hybridized carbons (Fsp3) is 0.421. The van der Waals surface area contributed by atoms with Gasteiger partial charge in [0, 0.05) is 30.6 Å². The van der Waals surface area contributed by atoms with Crippen LogP contribution in [0.15, 0.2) is 36.4 Å². The lowest BCUT2D eigenvalue weighted by molar-refractivity contribution is 0.0679. The second-order valence-corrected chi connectivity index (χ2v) is 6.18. The van der Waals surface area contributed by atoms with Crippen molar-refractivity contribution in [2.24, 2.45) is 7.05 Å². The summed E-state index contributed by atoms with van der Waals surface area (Å²) in [6.45, 7) is 3.95. The number of hydrogen-bond donors (Lipinski definition) is 1. The molecule has 1 aliphatic rings. The maximum atomic E-state index is 12.2. The Morgan fingerprint density at radius 2 is 2.08 bits per heavy atom. The van der Waals surface area contributed by atoms with Crippen molar-refractivity contribution < 1.29 is 14.3 Å². The second kappa shape index (κ2) is 7.53. The number of nitrogens with one attached hydrogen (secondary N) is 1. The normalized spacial score (nSPS) is 17.0. The number of amides is 1. The first-order valence-electron chi connectivity index (χ1n) is 8.37. The standard InChI is InChI=1S/C19H24N2O3/c1-14-5-8-16(21(14)2)12-20-19(22)15-6-9-17(10-7-15)24-13-18-4-3-11-23-18/h5-10,18H,3-4,11-13H2,1-2H3,(H,20,22)/t18-/m0/s1. The zero-order chi connectivity index (χ0) is 16.9. The maximum Gasteiger partial charge on any atom is 0.251 e. The summed E-state index contributed by atoms with van der Waals surface area (Å²) in [7, 11) is 2.00. The van der Waals surface area contributed by atoms with E-state index in [2.05, 4.69) is 9.88 Å². The van der Waals surface area contributed by atoms with Gasteiger partial charge in [-0.05, 0) is 56.2 Å². The molecule has 128 valence electrons. The Labute approximate surface area is 142 Å². The Morgan fingerprint density at radius 1 is 1.29 bits per heavy atom. The number of rotatable bonds is 6. The van der Waals surface area contributed by atoms with E-state index >= 15 is 0 Å². The number of hydrogen-bond acceptors (Lipinski definition) is 3. The second-order valence-electron chi connectivity index (χ2n) is 6.18. The molecule has 24 heavy (non-hydrogen) atoms. The SMILES string of the molecule is Cc1ccc(CNC(=O)c2ccc(OC[C@@H]3CCCO3)cc2)n1C. The highest BCUT2D eigenvalue weighted by atomic mass is 16.5. The van der Waals surface area contributed by atoms with E-state index in [4.69, 9.17) is 9.47 Å². The highest BCUT2D eigenvalue weighted by molar-refractivity contribution is 5.94. The molecule has 0 radical (unpaired) electrons. The van der Waals surface area contributed by atoms with Crippen molar-refractivity contribution in [1.29, 1.82) is 0 Å². The molecule has 0 bridgehead atoms. The maximum absolute atomic E-state index is 12.2. The van der Waals surface area contributed by atoms with Crippen LogP contribution in [0.1, 0.15) is 34.6 Å². The number of carbonyl (C=O) groups excluding carboxylic acids is 1. The lowest BCUT2D eigenvalue weighted by Gasteiger charge is -2.12. The summed E-state index contributed by atoms with van der Waals surface area (Å²) >= 11 is 0. The van der Waals surface area contributed by atoms with Crippen LogP contribution >= 0.6 is 0 Å². The number of nitrogens with zero attached hydrogens (tertiary/aromatic N) is 1. The van der Waals surface area contributed by atoms with Crippen LogP contribution in [0.3, 0.4) is 0 Å². The molecule has 0 unspecified atom stereocenters. The summed E-state index contributed by atoms with van der Waals surface area (Å²) in [4.78, 5) is 12.2. The van der Waals surface area contributed by atoms with Crippen molar-refractivity contribution in [3.63, 3.8) is 0 Å². The number of aryl methyl sites for hydroxylation is 1. The van der Waals surface area contributed by atoms with Gasteiger partial charge in [-0.3, -0.25) is 4.79 Å². The van der Waals surface area contributed by atoms with Crippen LogP contribution in [0, 0.1) is 6.92 Å². The minimum Gasteiger partial charge on any atom is -0.491 e. The summed E-state index contributed by atoms with van der Waals surface area (Å²) in [5.41, 5.74) is 2.88. The van der Waals surface area contributed by atoms with E-state index < -0.39 is 0 Å². The zero-order valence-corrected chi connectivity index (χ0v) is 14.2. The van der Waals surface area contributed by atoms with Gasteiger partial charge in [0.25, 0.3) is 5.91 Å². The van der Waals surface area contributed by atoms with Crippen LogP contribution in [-0.4, -0.2) is 29.8 Å². The molecule has 2 heterocycles. The third kappa shape index (κ3) is 3.97. The molecular weight excluding hydrogens is 304 g/mol. The van der Waals surface area contributed by atoms with E-state index in [1.54, 1.807) is 12.1 Å². The van der Waals surface area contributed by atoms with Crippen LogP contribution in [0.2, 0.25) is 0 Å². The number of carbonyl (C=O) groups is 1. The lowest BCUT2D eigenvalue weighted by atomic mass is 10.2. The average Bonchev–Trinajstić information content (AvgIpc) is 3.23. The molecule has 1 aromatic carbocycles. The predicted molar refractivity (Wildman–Crippen MR) is 92.2 cm³/mol. The van der Waals surface area contributed by atoms with Gasteiger partial charge in [0.1, 0.15) is 12.4 Å². The average molecular weight is 328 g/mol. The third-order valence-electron chi connectivity index (χ3n) is 4.48. The summed E-state index contributed by atoms with van der Waals surface area (Å²) < 4.78 is 13.3. The molecule has 0 spiro atoms. The summed E-state index contributed by atoms with van der Waals surface area (Å²) in [6, 6.07) is 11.3. The quantitative estimate of drug-likeness (QED) is 0.887. The molecule has 1 N–H and O–H groups in total. The van der Waals surface area contributed by atoms with Crippen LogP contribution in [-0.2, 0) is 18.3 Å². The van der Waals surface area contributed by atoms with Crippen molar-refractivity contribution in [1.82, 2.24) is 9.88 Å². The van der Waals surface area contributed by atoms with Gasteiger partial charge in [0.2, 0.25) is 0 Å². The molecule has 1 aromatic heterocycles. The minimum absolute atomic E-state index is 0.0838. The predicted octanol–water partition coefficient (Wildman–Crippen LogP) is 2.82. The van der Waals surface area contributed by atoms with Crippen molar-refractivity contribution >= 4 is 5.91 Å². The van der Waals surface area contributed by atoms with Gasteiger partial charge in [0.05, 0.1) is 12.6 Å². The van der Waals surface area contributed by atoms with E-state index in [1.165, 1.54) is 5.69 Å². The van der Waals surface area contributed by atoms with Gasteiger partial charge < -0.3 is 19.4 Å². The third-order valence-corrected chi connectivity index (χ3v) is 4.48. The fourth-order valence-corrected chi connectivity index (χ4v) is 2.78. The first-order valence-corrected chi connectivity index (χ1v) is 8.37. The van der Waals surface area contributed by atoms with Gasteiger partial charge in [-0.15, -0.1) is 0 Å². The summed E-state index contributed by atoms with van der Waals surface area (Å²) in [5, 5.41) is 2.95. The van der Waals surface area contributed by atoms with Crippen LogP contribution in [0.5, 0.6) is 5.75 Å². The zero-order valence-electron chi connectivity index (χ0n) is 14.2. The monoisotopic (exact) mass is 328 g/mol. The topological polar surface area (TPSA) is 52.5 Å². The largest absolute Gasteiger partial charge is 0.491 e. The van der Waals surface area contributed by atoms with Crippen molar-refractivity contribution in [2.45, 2.75) is 32.4 Å².